The molecule has 0 aromatic heterocycles. The van der Waals surface area contributed by atoms with Gasteiger partial charge in [-0.05, 0) is 0 Å². The maximum Gasteiger partial charge on any atom is 0.237 e. The molecule has 1 amide bonds. The molecule has 1 spiro atoms. The monoisotopic (exact) mass is 155 g/mol. The van der Waals surface area contributed by atoms with E-state index in [4.69, 9.17) is 5.73 Å². The predicted molar refractivity (Wildman–Crippen MR) is 40.9 cm³/mol. The van der Waals surface area contributed by atoms with Gasteiger partial charge in [0, 0.05) is 19.0 Å². The van der Waals surface area contributed by atoms with Crippen LogP contribution in [0.4, 0.5) is 0 Å². The van der Waals surface area contributed by atoms with Crippen LogP contribution in [0.1, 0.15) is 6.92 Å². The van der Waals surface area contributed by atoms with Gasteiger partial charge in [-0.3, -0.25) is 4.79 Å². The zero-order valence-corrected chi connectivity index (χ0v) is 6.55. The Hall–Kier alpha value is -0.610. The maximum atomic E-state index is 11.1. The van der Waals surface area contributed by atoms with E-state index in [1.807, 2.05) is 6.92 Å². The van der Waals surface area contributed by atoms with E-state index in [2.05, 4.69) is 10.6 Å². The second-order valence-electron chi connectivity index (χ2n) is 3.56. The van der Waals surface area contributed by atoms with Crippen LogP contribution in [0.2, 0.25) is 0 Å². The van der Waals surface area contributed by atoms with E-state index in [0.717, 1.165) is 13.1 Å². The van der Waals surface area contributed by atoms with Gasteiger partial charge in [0.05, 0.1) is 11.6 Å². The number of hydrogen-bond donors (Lipinski definition) is 3. The fourth-order valence-electron chi connectivity index (χ4n) is 1.82. The topological polar surface area (TPSA) is 67.2 Å². The van der Waals surface area contributed by atoms with Crippen molar-refractivity contribution in [2.75, 3.05) is 13.1 Å². The highest BCUT2D eigenvalue weighted by Gasteiger charge is 2.52. The van der Waals surface area contributed by atoms with Crippen LogP contribution in [0.3, 0.4) is 0 Å². The number of nitrogens with one attached hydrogen (secondary N) is 2. The van der Waals surface area contributed by atoms with E-state index in [0.29, 0.717) is 0 Å². The molecule has 0 aromatic carbocycles. The lowest BCUT2D eigenvalue weighted by Crippen LogP contribution is -2.68. The average Bonchev–Trinajstić information content (AvgIpc) is 2.12. The van der Waals surface area contributed by atoms with Crippen molar-refractivity contribution in [3.05, 3.63) is 0 Å². The number of carbonyl (C=O) groups is 1. The molecule has 0 radical (unpaired) electrons. The molecule has 62 valence electrons. The highest BCUT2D eigenvalue weighted by molar-refractivity contribution is 5.86. The van der Waals surface area contributed by atoms with E-state index in [1.165, 1.54) is 0 Å². The van der Waals surface area contributed by atoms with Gasteiger partial charge in [0.25, 0.3) is 0 Å². The van der Waals surface area contributed by atoms with E-state index >= 15 is 0 Å². The molecule has 2 fully saturated rings. The van der Waals surface area contributed by atoms with Gasteiger partial charge in [-0.2, -0.15) is 0 Å². The summed E-state index contributed by atoms with van der Waals surface area (Å²) in [6.45, 7) is 3.77. The Labute approximate surface area is 65.5 Å². The molecule has 0 bridgehead atoms. The molecule has 2 aliphatic rings. The summed E-state index contributed by atoms with van der Waals surface area (Å²) in [7, 11) is 0. The molecule has 0 unspecified atom stereocenters. The van der Waals surface area contributed by atoms with Gasteiger partial charge in [-0.25, -0.2) is 0 Å². The molecule has 2 atom stereocenters. The fraction of sp³-hybridized carbons (Fsp3) is 0.857. The van der Waals surface area contributed by atoms with Crippen molar-refractivity contribution >= 4 is 5.91 Å². The second-order valence-corrected chi connectivity index (χ2v) is 3.56. The van der Waals surface area contributed by atoms with Crippen LogP contribution >= 0.6 is 0 Å². The van der Waals surface area contributed by atoms with Crippen molar-refractivity contribution in [2.45, 2.75) is 18.5 Å². The first-order valence-electron chi connectivity index (χ1n) is 3.94. The molecule has 4 heteroatoms. The molecule has 2 heterocycles. The first-order valence-corrected chi connectivity index (χ1v) is 3.94. The Bertz CT molecular complexity index is 200. The zero-order chi connectivity index (χ0) is 8.06. The van der Waals surface area contributed by atoms with E-state index in [1.54, 1.807) is 0 Å². The molecule has 2 aliphatic heterocycles. The summed E-state index contributed by atoms with van der Waals surface area (Å²) in [5.74, 6) is 0.259. The normalized spacial score (nSPS) is 40.4. The lowest BCUT2D eigenvalue weighted by atomic mass is 9.80. The van der Waals surface area contributed by atoms with Crippen LogP contribution in [0.15, 0.2) is 0 Å². The number of rotatable bonds is 0. The minimum Gasteiger partial charge on any atom is -0.346 e. The highest BCUT2D eigenvalue weighted by atomic mass is 16.2. The molecule has 2 rings (SSSR count). The van der Waals surface area contributed by atoms with Crippen molar-refractivity contribution in [2.24, 2.45) is 11.7 Å². The molecule has 0 saturated carbocycles. The van der Waals surface area contributed by atoms with Crippen molar-refractivity contribution in [1.82, 2.24) is 10.6 Å². The van der Waals surface area contributed by atoms with E-state index < -0.39 is 0 Å². The van der Waals surface area contributed by atoms with Gasteiger partial charge in [0.15, 0.2) is 0 Å². The Kier molecular flexibility index (Phi) is 1.25. The SMILES string of the molecule is C[C@H]1[C@@H](N)C(=O)NC12CNC2. The molecule has 2 saturated heterocycles. The minimum absolute atomic E-state index is 0.000926. The Morgan fingerprint density at radius 3 is 2.45 bits per heavy atom. The van der Waals surface area contributed by atoms with Crippen LogP contribution in [0, 0.1) is 5.92 Å². The summed E-state index contributed by atoms with van der Waals surface area (Å²) in [4.78, 5) is 11.1. The standard InChI is InChI=1S/C7H13N3O/c1-4-5(8)6(11)10-7(4)2-9-3-7/h4-5,9H,2-3,8H2,1H3,(H,10,11)/t4-,5+/m0/s1. The van der Waals surface area contributed by atoms with Gasteiger partial charge in [0.1, 0.15) is 0 Å². The van der Waals surface area contributed by atoms with Crippen molar-refractivity contribution < 1.29 is 4.79 Å². The number of amides is 1. The second kappa shape index (κ2) is 1.95. The van der Waals surface area contributed by atoms with Crippen LogP contribution < -0.4 is 16.4 Å². The van der Waals surface area contributed by atoms with E-state index in [-0.39, 0.29) is 23.4 Å². The number of hydrogen-bond acceptors (Lipinski definition) is 3. The fourth-order valence-corrected chi connectivity index (χ4v) is 1.82. The minimum atomic E-state index is -0.308. The Morgan fingerprint density at radius 2 is 2.27 bits per heavy atom. The lowest BCUT2D eigenvalue weighted by molar-refractivity contribution is -0.121. The van der Waals surface area contributed by atoms with Crippen LogP contribution in [0.5, 0.6) is 0 Å². The zero-order valence-electron chi connectivity index (χ0n) is 6.55. The average molecular weight is 155 g/mol. The molecule has 0 aromatic rings. The molecule has 4 N–H and O–H groups in total. The molecule has 0 aliphatic carbocycles. The Morgan fingerprint density at radius 1 is 1.64 bits per heavy atom. The predicted octanol–water partition coefficient (Wildman–Crippen LogP) is -1.58. The van der Waals surface area contributed by atoms with Gasteiger partial charge < -0.3 is 16.4 Å². The highest BCUT2D eigenvalue weighted by Crippen LogP contribution is 2.29. The maximum absolute atomic E-state index is 11.1. The summed E-state index contributed by atoms with van der Waals surface area (Å²) in [5.41, 5.74) is 5.65. The molecular formula is C7H13N3O. The largest absolute Gasteiger partial charge is 0.346 e. The lowest BCUT2D eigenvalue weighted by Gasteiger charge is -2.42. The van der Waals surface area contributed by atoms with Crippen molar-refractivity contribution in [3.8, 4) is 0 Å². The summed E-state index contributed by atoms with van der Waals surface area (Å²) < 4.78 is 0. The third kappa shape index (κ3) is 0.736. The molecular weight excluding hydrogens is 142 g/mol. The molecule has 11 heavy (non-hydrogen) atoms. The van der Waals surface area contributed by atoms with Crippen LogP contribution in [0.25, 0.3) is 0 Å². The van der Waals surface area contributed by atoms with Gasteiger partial charge in [-0.1, -0.05) is 6.92 Å². The van der Waals surface area contributed by atoms with Crippen molar-refractivity contribution in [3.63, 3.8) is 0 Å². The first-order chi connectivity index (χ1) is 5.16. The van der Waals surface area contributed by atoms with Crippen LogP contribution in [-0.4, -0.2) is 30.6 Å². The first kappa shape index (κ1) is 7.06. The molecule has 4 nitrogen and oxygen atoms in total. The van der Waals surface area contributed by atoms with E-state index in [9.17, 15) is 4.79 Å². The summed E-state index contributed by atoms with van der Waals surface area (Å²) >= 11 is 0. The summed E-state index contributed by atoms with van der Waals surface area (Å²) in [6.07, 6.45) is 0. The van der Waals surface area contributed by atoms with Gasteiger partial charge >= 0.3 is 0 Å². The van der Waals surface area contributed by atoms with Gasteiger partial charge in [0.2, 0.25) is 5.91 Å². The Balaban J connectivity index is 2.20. The van der Waals surface area contributed by atoms with Gasteiger partial charge in [-0.15, -0.1) is 0 Å². The quantitative estimate of drug-likeness (QED) is 0.395. The van der Waals surface area contributed by atoms with Crippen molar-refractivity contribution in [1.29, 1.82) is 0 Å². The summed E-state index contributed by atoms with van der Waals surface area (Å²) in [6, 6.07) is -0.308. The van der Waals surface area contributed by atoms with Crippen LogP contribution in [-0.2, 0) is 4.79 Å². The smallest absolute Gasteiger partial charge is 0.237 e. The summed E-state index contributed by atoms with van der Waals surface area (Å²) in [5, 5.41) is 6.08. The number of carbonyl (C=O) groups excluding carboxylic acids is 1. The third-order valence-corrected chi connectivity index (χ3v) is 2.97. The number of nitrogens with two attached hydrogens (primary N) is 1. The third-order valence-electron chi connectivity index (χ3n) is 2.97.